The van der Waals surface area contributed by atoms with Gasteiger partial charge < -0.3 is 4.74 Å². The minimum absolute atomic E-state index is 0.0396. The van der Waals surface area contributed by atoms with E-state index < -0.39 is 17.0 Å². The Labute approximate surface area is 102 Å². The van der Waals surface area contributed by atoms with Crippen molar-refractivity contribution in [1.29, 1.82) is 0 Å². The monoisotopic (exact) mass is 311 g/mol. The SMILES string of the molecule is O=[N+]([O-])/C=C/c1ccc(Br)cc1OC(F)(F)F. The molecule has 0 atom stereocenters. The number of hydrogen-bond acceptors (Lipinski definition) is 3. The summed E-state index contributed by atoms with van der Waals surface area (Å²) in [4.78, 5) is 9.30. The Hall–Kier alpha value is -1.57. The van der Waals surface area contributed by atoms with Gasteiger partial charge in [0.2, 0.25) is 6.20 Å². The van der Waals surface area contributed by atoms with Crippen LogP contribution in [0.1, 0.15) is 5.56 Å². The molecule has 0 heterocycles. The Morgan fingerprint density at radius 2 is 2.06 bits per heavy atom. The number of nitro groups is 1. The van der Waals surface area contributed by atoms with E-state index >= 15 is 0 Å². The van der Waals surface area contributed by atoms with Gasteiger partial charge in [-0.2, -0.15) is 0 Å². The van der Waals surface area contributed by atoms with Crippen LogP contribution >= 0.6 is 15.9 Å². The van der Waals surface area contributed by atoms with Crippen LogP contribution in [-0.2, 0) is 0 Å². The fraction of sp³-hybridized carbons (Fsp3) is 0.111. The molecule has 1 aromatic carbocycles. The lowest BCUT2D eigenvalue weighted by molar-refractivity contribution is -0.401. The van der Waals surface area contributed by atoms with E-state index in [-0.39, 0.29) is 5.56 Å². The largest absolute Gasteiger partial charge is 0.573 e. The maximum Gasteiger partial charge on any atom is 0.573 e. The smallest absolute Gasteiger partial charge is 0.405 e. The molecule has 0 N–H and O–H groups in total. The van der Waals surface area contributed by atoms with Crippen molar-refractivity contribution in [2.24, 2.45) is 0 Å². The molecule has 0 saturated heterocycles. The number of benzene rings is 1. The fourth-order valence-corrected chi connectivity index (χ4v) is 1.34. The van der Waals surface area contributed by atoms with Gasteiger partial charge in [0.15, 0.2) is 0 Å². The highest BCUT2D eigenvalue weighted by atomic mass is 79.9. The van der Waals surface area contributed by atoms with E-state index in [9.17, 15) is 23.3 Å². The third-order valence-corrected chi connectivity index (χ3v) is 2.07. The zero-order chi connectivity index (χ0) is 13.1. The van der Waals surface area contributed by atoms with Crippen molar-refractivity contribution in [1.82, 2.24) is 0 Å². The van der Waals surface area contributed by atoms with Crippen LogP contribution in [0, 0.1) is 10.1 Å². The maximum absolute atomic E-state index is 12.1. The van der Waals surface area contributed by atoms with E-state index in [1.165, 1.54) is 12.1 Å². The Bertz CT molecular complexity index is 459. The Morgan fingerprint density at radius 1 is 1.41 bits per heavy atom. The van der Waals surface area contributed by atoms with Crippen LogP contribution in [0.15, 0.2) is 28.9 Å². The number of rotatable bonds is 3. The molecule has 0 bridgehead atoms. The molecule has 0 aromatic heterocycles. The zero-order valence-corrected chi connectivity index (χ0v) is 9.66. The van der Waals surface area contributed by atoms with Crippen LogP contribution < -0.4 is 4.74 Å². The number of ether oxygens (including phenoxy) is 1. The van der Waals surface area contributed by atoms with Crippen molar-refractivity contribution in [2.45, 2.75) is 6.36 Å². The second-order valence-electron chi connectivity index (χ2n) is 2.83. The van der Waals surface area contributed by atoms with E-state index in [4.69, 9.17) is 0 Å². The van der Waals surface area contributed by atoms with Crippen LogP contribution in [0.2, 0.25) is 0 Å². The van der Waals surface area contributed by atoms with Crippen molar-refractivity contribution >= 4 is 22.0 Å². The second kappa shape index (κ2) is 5.17. The molecule has 0 radical (unpaired) electrons. The normalized spacial score (nSPS) is 11.8. The molecule has 0 saturated carbocycles. The van der Waals surface area contributed by atoms with E-state index in [0.29, 0.717) is 10.7 Å². The summed E-state index contributed by atoms with van der Waals surface area (Å²) in [6, 6.07) is 3.79. The molecule has 1 rings (SSSR count). The first-order valence-electron chi connectivity index (χ1n) is 4.15. The number of alkyl halides is 3. The molecule has 17 heavy (non-hydrogen) atoms. The first-order valence-corrected chi connectivity index (χ1v) is 4.94. The van der Waals surface area contributed by atoms with Gasteiger partial charge in [-0.05, 0) is 18.2 Å². The molecule has 0 aliphatic carbocycles. The van der Waals surface area contributed by atoms with Crippen molar-refractivity contribution < 1.29 is 22.8 Å². The molecule has 92 valence electrons. The van der Waals surface area contributed by atoms with E-state index in [0.717, 1.165) is 12.1 Å². The minimum Gasteiger partial charge on any atom is -0.405 e. The highest BCUT2D eigenvalue weighted by Crippen LogP contribution is 2.30. The van der Waals surface area contributed by atoms with E-state index in [1.807, 2.05) is 0 Å². The average Bonchev–Trinajstić information content (AvgIpc) is 2.13. The Kier molecular flexibility index (Phi) is 4.11. The van der Waals surface area contributed by atoms with Crippen LogP contribution in [0.4, 0.5) is 13.2 Å². The molecule has 1 aromatic rings. The van der Waals surface area contributed by atoms with Gasteiger partial charge in [0.25, 0.3) is 0 Å². The summed E-state index contributed by atoms with van der Waals surface area (Å²) in [5.74, 6) is -0.509. The van der Waals surface area contributed by atoms with Gasteiger partial charge >= 0.3 is 6.36 Å². The minimum atomic E-state index is -4.85. The molecule has 0 aliphatic rings. The molecule has 0 unspecified atom stereocenters. The van der Waals surface area contributed by atoms with Crippen LogP contribution in [0.5, 0.6) is 5.75 Å². The summed E-state index contributed by atoms with van der Waals surface area (Å²) in [5.41, 5.74) is -0.0396. The number of nitrogens with zero attached hydrogens (tertiary/aromatic N) is 1. The van der Waals surface area contributed by atoms with Gasteiger partial charge in [-0.15, -0.1) is 13.2 Å². The molecule has 8 heteroatoms. The van der Waals surface area contributed by atoms with Gasteiger partial charge in [0.1, 0.15) is 5.75 Å². The quantitative estimate of drug-likeness (QED) is 0.633. The van der Waals surface area contributed by atoms with Gasteiger partial charge in [0, 0.05) is 16.1 Å². The highest BCUT2D eigenvalue weighted by Gasteiger charge is 2.32. The summed E-state index contributed by atoms with van der Waals surface area (Å²) in [6.07, 6.45) is -3.39. The van der Waals surface area contributed by atoms with Crippen LogP contribution in [0.3, 0.4) is 0 Å². The van der Waals surface area contributed by atoms with Crippen LogP contribution in [-0.4, -0.2) is 11.3 Å². The first-order chi connectivity index (χ1) is 7.78. The zero-order valence-electron chi connectivity index (χ0n) is 8.07. The fourth-order valence-electron chi connectivity index (χ4n) is 1.00. The number of hydrogen-bond donors (Lipinski definition) is 0. The van der Waals surface area contributed by atoms with E-state index in [2.05, 4.69) is 20.7 Å². The molecule has 4 nitrogen and oxygen atoms in total. The molecule has 0 fully saturated rings. The predicted molar refractivity (Wildman–Crippen MR) is 56.9 cm³/mol. The lowest BCUT2D eigenvalue weighted by atomic mass is 10.2. The third-order valence-electron chi connectivity index (χ3n) is 1.58. The maximum atomic E-state index is 12.1. The third kappa shape index (κ3) is 4.85. The average molecular weight is 312 g/mol. The summed E-state index contributed by atoms with van der Waals surface area (Å²) in [5, 5.41) is 10.1. The lowest BCUT2D eigenvalue weighted by Gasteiger charge is -2.11. The summed E-state index contributed by atoms with van der Waals surface area (Å²) < 4.78 is 40.3. The second-order valence-corrected chi connectivity index (χ2v) is 3.75. The van der Waals surface area contributed by atoms with Gasteiger partial charge in [-0.25, -0.2) is 0 Å². The van der Waals surface area contributed by atoms with Gasteiger partial charge in [-0.1, -0.05) is 15.9 Å². The van der Waals surface area contributed by atoms with Crippen LogP contribution in [0.25, 0.3) is 6.08 Å². The van der Waals surface area contributed by atoms with Crippen molar-refractivity contribution in [3.8, 4) is 5.75 Å². The van der Waals surface area contributed by atoms with Crippen molar-refractivity contribution in [2.75, 3.05) is 0 Å². The van der Waals surface area contributed by atoms with Gasteiger partial charge in [-0.3, -0.25) is 10.1 Å². The lowest BCUT2D eigenvalue weighted by Crippen LogP contribution is -2.17. The summed E-state index contributed by atoms with van der Waals surface area (Å²) in [7, 11) is 0. The van der Waals surface area contributed by atoms with E-state index in [1.54, 1.807) is 0 Å². The van der Waals surface area contributed by atoms with Crippen molar-refractivity contribution in [3.63, 3.8) is 0 Å². The molecular weight excluding hydrogens is 307 g/mol. The van der Waals surface area contributed by atoms with Gasteiger partial charge in [0.05, 0.1) is 4.92 Å². The molecule has 0 spiro atoms. The molecular formula is C9H5BrF3NO3. The topological polar surface area (TPSA) is 52.4 Å². The Balaban J connectivity index is 3.08. The molecule has 0 amide bonds. The number of halogens is 4. The summed E-state index contributed by atoms with van der Waals surface area (Å²) >= 11 is 2.98. The first kappa shape index (κ1) is 13.5. The molecule has 0 aliphatic heterocycles. The van der Waals surface area contributed by atoms with Crippen molar-refractivity contribution in [3.05, 3.63) is 44.5 Å². The summed E-state index contributed by atoms with van der Waals surface area (Å²) in [6.45, 7) is 0. The standard InChI is InChI=1S/C9H5BrF3NO3/c10-7-2-1-6(3-4-14(15)16)8(5-7)17-9(11,12)13/h1-5H/b4-3+. The highest BCUT2D eigenvalue weighted by molar-refractivity contribution is 9.10. The Morgan fingerprint density at radius 3 is 2.59 bits per heavy atom. The predicted octanol–water partition coefficient (Wildman–Crippen LogP) is 3.60.